The van der Waals surface area contributed by atoms with E-state index in [1.165, 1.54) is 12.5 Å². The number of carbonyl (C=O) groups excluding carboxylic acids is 1. The lowest BCUT2D eigenvalue weighted by Crippen LogP contribution is -2.41. The highest BCUT2D eigenvalue weighted by Crippen LogP contribution is 2.43. The smallest absolute Gasteiger partial charge is 0.313 e. The Bertz CT molecular complexity index is 850. The van der Waals surface area contributed by atoms with Crippen LogP contribution in [0.1, 0.15) is 18.3 Å². The minimum Gasteiger partial charge on any atom is -0.481 e. The van der Waals surface area contributed by atoms with Crippen molar-refractivity contribution in [1.82, 2.24) is 19.4 Å². The predicted octanol–water partition coefficient (Wildman–Crippen LogP) is 1.30. The van der Waals surface area contributed by atoms with Gasteiger partial charge in [-0.25, -0.2) is 4.98 Å². The summed E-state index contributed by atoms with van der Waals surface area (Å²) in [5.74, 6) is 0.0561. The lowest BCUT2D eigenvalue weighted by Gasteiger charge is -2.25. The van der Waals surface area contributed by atoms with Crippen molar-refractivity contribution < 1.29 is 14.7 Å². The topological polar surface area (TPSA) is 78.7 Å². The normalized spacial score (nSPS) is 24.9. The third kappa shape index (κ3) is 3.23. The minimum atomic E-state index is -0.859. The van der Waals surface area contributed by atoms with E-state index in [1.807, 2.05) is 24.4 Å². The summed E-state index contributed by atoms with van der Waals surface area (Å²) in [6.45, 7) is 4.83. The standard InChI is InChI=1S/C20H24N4O3/c1-15(25)24-11-17-10-22(13-20(17,14-24)19(26)27)12-18-21-7-8-23(18)9-16-5-3-2-4-6-16/h2-8,17H,9-14H2,1H3,(H,26,27)/t17-,20-/m1/s1. The van der Waals surface area contributed by atoms with E-state index in [4.69, 9.17) is 0 Å². The van der Waals surface area contributed by atoms with Gasteiger partial charge in [0, 0.05) is 58.0 Å². The van der Waals surface area contributed by atoms with E-state index in [9.17, 15) is 14.7 Å². The number of benzene rings is 1. The maximum absolute atomic E-state index is 12.0. The highest BCUT2D eigenvalue weighted by Gasteiger charge is 2.58. The summed E-state index contributed by atoms with van der Waals surface area (Å²) < 4.78 is 2.11. The average Bonchev–Trinajstić information content (AvgIpc) is 3.29. The molecule has 0 unspecified atom stereocenters. The van der Waals surface area contributed by atoms with Gasteiger partial charge in [-0.2, -0.15) is 0 Å². The number of rotatable bonds is 5. The first-order chi connectivity index (χ1) is 13.0. The molecule has 2 aliphatic heterocycles. The first kappa shape index (κ1) is 17.7. The third-order valence-corrected chi connectivity index (χ3v) is 5.91. The van der Waals surface area contributed by atoms with Crippen molar-refractivity contribution >= 4 is 11.9 Å². The minimum absolute atomic E-state index is 0.0311. The van der Waals surface area contributed by atoms with Crippen molar-refractivity contribution in [3.8, 4) is 0 Å². The molecule has 2 aromatic rings. The largest absolute Gasteiger partial charge is 0.481 e. The van der Waals surface area contributed by atoms with Crippen molar-refractivity contribution in [2.75, 3.05) is 26.2 Å². The van der Waals surface area contributed by atoms with Crippen molar-refractivity contribution in [1.29, 1.82) is 0 Å². The fourth-order valence-corrected chi connectivity index (χ4v) is 4.45. The van der Waals surface area contributed by atoms with Gasteiger partial charge in [0.2, 0.25) is 5.91 Å². The summed E-state index contributed by atoms with van der Waals surface area (Å²) in [5, 5.41) is 9.88. The van der Waals surface area contributed by atoms with E-state index < -0.39 is 11.4 Å². The van der Waals surface area contributed by atoms with Gasteiger partial charge in [-0.15, -0.1) is 0 Å². The molecule has 2 aliphatic rings. The molecule has 0 bridgehead atoms. The highest BCUT2D eigenvalue weighted by atomic mass is 16.4. The first-order valence-corrected chi connectivity index (χ1v) is 9.23. The van der Waals surface area contributed by atoms with Gasteiger partial charge in [-0.05, 0) is 5.56 Å². The van der Waals surface area contributed by atoms with Crippen LogP contribution in [-0.2, 0) is 22.7 Å². The van der Waals surface area contributed by atoms with E-state index in [1.54, 1.807) is 11.1 Å². The van der Waals surface area contributed by atoms with Crippen molar-refractivity contribution in [2.45, 2.75) is 20.0 Å². The number of hydrogen-bond acceptors (Lipinski definition) is 4. The lowest BCUT2D eigenvalue weighted by molar-refractivity contribution is -0.149. The number of fused-ring (bicyclic) bond motifs is 1. The van der Waals surface area contributed by atoms with Gasteiger partial charge >= 0.3 is 5.97 Å². The van der Waals surface area contributed by atoms with E-state index in [0.29, 0.717) is 32.7 Å². The summed E-state index contributed by atoms with van der Waals surface area (Å²) in [7, 11) is 0. The molecular formula is C20H24N4O3. The van der Waals surface area contributed by atoms with E-state index >= 15 is 0 Å². The summed E-state index contributed by atoms with van der Waals surface area (Å²) in [6.07, 6.45) is 3.75. The Morgan fingerprint density at radius 3 is 2.63 bits per heavy atom. The van der Waals surface area contributed by atoms with Gasteiger partial charge in [-0.3, -0.25) is 14.5 Å². The second-order valence-electron chi connectivity index (χ2n) is 7.68. The molecule has 0 aliphatic carbocycles. The molecule has 142 valence electrons. The molecule has 0 radical (unpaired) electrons. The van der Waals surface area contributed by atoms with Gasteiger partial charge in [0.25, 0.3) is 0 Å². The maximum atomic E-state index is 12.0. The van der Waals surface area contributed by atoms with Crippen molar-refractivity contribution in [2.24, 2.45) is 11.3 Å². The van der Waals surface area contributed by atoms with Crippen LogP contribution < -0.4 is 0 Å². The zero-order chi connectivity index (χ0) is 19.0. The number of nitrogens with zero attached hydrogens (tertiary/aromatic N) is 4. The molecule has 4 rings (SSSR count). The number of aliphatic carboxylic acids is 1. The molecule has 7 nitrogen and oxygen atoms in total. The molecule has 1 aromatic heterocycles. The third-order valence-electron chi connectivity index (χ3n) is 5.91. The maximum Gasteiger partial charge on any atom is 0.313 e. The molecule has 27 heavy (non-hydrogen) atoms. The second kappa shape index (κ2) is 6.81. The predicted molar refractivity (Wildman–Crippen MR) is 98.9 cm³/mol. The van der Waals surface area contributed by atoms with E-state index in [-0.39, 0.29) is 11.8 Å². The van der Waals surface area contributed by atoms with Gasteiger partial charge in [0.1, 0.15) is 11.2 Å². The number of carbonyl (C=O) groups is 2. The number of likely N-dealkylation sites (tertiary alicyclic amines) is 2. The molecular weight excluding hydrogens is 344 g/mol. The molecule has 1 N–H and O–H groups in total. The van der Waals surface area contributed by atoms with E-state index in [2.05, 4.69) is 26.6 Å². The van der Waals surface area contributed by atoms with Gasteiger partial charge in [0.05, 0.1) is 6.54 Å². The van der Waals surface area contributed by atoms with Crippen molar-refractivity contribution in [3.05, 3.63) is 54.1 Å². The number of amides is 1. The van der Waals surface area contributed by atoms with Crippen LogP contribution >= 0.6 is 0 Å². The van der Waals surface area contributed by atoms with Crippen LogP contribution in [-0.4, -0.2) is 62.5 Å². The summed E-state index contributed by atoms with van der Waals surface area (Å²) in [6, 6.07) is 10.2. The average molecular weight is 368 g/mol. The van der Waals surface area contributed by atoms with E-state index in [0.717, 1.165) is 12.4 Å². The van der Waals surface area contributed by atoms with Crippen LogP contribution in [0.5, 0.6) is 0 Å². The Kier molecular flexibility index (Phi) is 4.47. The number of carboxylic acids is 1. The molecule has 1 aromatic carbocycles. The summed E-state index contributed by atoms with van der Waals surface area (Å²) in [4.78, 5) is 32.1. The molecule has 1 amide bonds. The molecule has 3 heterocycles. The Labute approximate surface area is 158 Å². The van der Waals surface area contributed by atoms with Gasteiger partial charge < -0.3 is 14.6 Å². The zero-order valence-corrected chi connectivity index (χ0v) is 15.4. The van der Waals surface area contributed by atoms with Gasteiger partial charge in [0.15, 0.2) is 0 Å². The lowest BCUT2D eigenvalue weighted by atomic mass is 9.81. The van der Waals surface area contributed by atoms with Crippen LogP contribution in [0.25, 0.3) is 0 Å². The number of imidazole rings is 1. The Morgan fingerprint density at radius 1 is 1.19 bits per heavy atom. The Hall–Kier alpha value is -2.67. The summed E-state index contributed by atoms with van der Waals surface area (Å²) >= 11 is 0. The molecule has 0 spiro atoms. The van der Waals surface area contributed by atoms with Crippen LogP contribution in [0.15, 0.2) is 42.7 Å². The Balaban J connectivity index is 1.48. The number of carboxylic acid groups (broad SMARTS) is 1. The number of hydrogen-bond donors (Lipinski definition) is 1. The fraction of sp³-hybridized carbons (Fsp3) is 0.450. The molecule has 0 saturated carbocycles. The van der Waals surface area contributed by atoms with Crippen LogP contribution in [0.4, 0.5) is 0 Å². The Morgan fingerprint density at radius 2 is 1.96 bits per heavy atom. The van der Waals surface area contributed by atoms with Gasteiger partial charge in [-0.1, -0.05) is 30.3 Å². The molecule has 2 saturated heterocycles. The zero-order valence-electron chi connectivity index (χ0n) is 15.4. The summed E-state index contributed by atoms with van der Waals surface area (Å²) in [5.41, 5.74) is 0.344. The quantitative estimate of drug-likeness (QED) is 0.861. The van der Waals surface area contributed by atoms with Crippen LogP contribution in [0.2, 0.25) is 0 Å². The monoisotopic (exact) mass is 368 g/mol. The SMILES string of the molecule is CC(=O)N1C[C@H]2CN(Cc3nccn3Cc3ccccc3)C[C@@]2(C(=O)O)C1. The van der Waals surface area contributed by atoms with Crippen LogP contribution in [0, 0.1) is 11.3 Å². The highest BCUT2D eigenvalue weighted by molar-refractivity contribution is 5.80. The first-order valence-electron chi connectivity index (χ1n) is 9.23. The molecule has 7 heteroatoms. The number of aromatic nitrogens is 2. The second-order valence-corrected chi connectivity index (χ2v) is 7.68. The molecule has 2 atom stereocenters. The van der Waals surface area contributed by atoms with Crippen LogP contribution in [0.3, 0.4) is 0 Å². The fourth-order valence-electron chi connectivity index (χ4n) is 4.45. The molecule has 2 fully saturated rings. The van der Waals surface area contributed by atoms with Crippen molar-refractivity contribution in [3.63, 3.8) is 0 Å².